The van der Waals surface area contributed by atoms with Gasteiger partial charge in [-0.3, -0.25) is 0 Å². The number of methoxy groups -OCH3 is 2. The SMILES string of the molecule is COc1ccc(C2(c3ccc(OC)cc3)C=Cc3c4c(c5cc(SC)c(SC)cc5c3O2)-c2ccccc2C42CC3CCC2C3)cc1. The molecular formula is C42H38O3S2. The Morgan fingerprint density at radius 3 is 1.98 bits per heavy atom. The first-order chi connectivity index (χ1) is 23.0. The van der Waals surface area contributed by atoms with Crippen molar-refractivity contribution in [2.24, 2.45) is 11.8 Å². The van der Waals surface area contributed by atoms with Crippen LogP contribution in [-0.2, 0) is 11.0 Å². The summed E-state index contributed by atoms with van der Waals surface area (Å²) in [6.45, 7) is 0. The molecule has 0 N–H and O–H groups in total. The second-order valence-corrected chi connectivity index (χ2v) is 15.2. The molecule has 0 amide bonds. The van der Waals surface area contributed by atoms with Crippen LogP contribution in [0.1, 0.15) is 53.5 Å². The Hall–Kier alpha value is -3.80. The van der Waals surface area contributed by atoms with Crippen molar-refractivity contribution in [2.75, 3.05) is 26.7 Å². The van der Waals surface area contributed by atoms with Gasteiger partial charge in [0.05, 0.1) is 14.2 Å². The standard InChI is InChI=1S/C42H38O3S2/c1-43-29-15-11-26(12-16-29)42(27-13-17-30(44-2)18-14-27)20-19-32-39-38(33-22-36(46-3)37(47-4)23-34(33)40(32)45-42)31-7-5-6-8-35(31)41(39)24-25-9-10-28(41)21-25/h5-8,11-20,22-23,25,28H,9-10,21,24H2,1-4H3. The quantitative estimate of drug-likeness (QED) is 0.170. The summed E-state index contributed by atoms with van der Waals surface area (Å²) in [5.74, 6) is 4.09. The van der Waals surface area contributed by atoms with Crippen molar-refractivity contribution in [1.82, 2.24) is 0 Å². The minimum atomic E-state index is -0.836. The number of thioether (sulfide) groups is 2. The highest BCUT2D eigenvalue weighted by Crippen LogP contribution is 2.69. The highest BCUT2D eigenvalue weighted by Gasteiger charge is 2.58. The summed E-state index contributed by atoms with van der Waals surface area (Å²) >= 11 is 3.65. The number of hydrogen-bond donors (Lipinski definition) is 0. The molecule has 1 spiro atoms. The van der Waals surface area contributed by atoms with E-state index in [2.05, 4.69) is 85.3 Å². The molecule has 9 rings (SSSR count). The Morgan fingerprint density at radius 1 is 0.766 bits per heavy atom. The summed E-state index contributed by atoms with van der Waals surface area (Å²) in [4.78, 5) is 2.60. The zero-order chi connectivity index (χ0) is 31.9. The zero-order valence-electron chi connectivity index (χ0n) is 27.3. The van der Waals surface area contributed by atoms with Crippen LogP contribution < -0.4 is 14.2 Å². The van der Waals surface area contributed by atoms with Gasteiger partial charge in [-0.25, -0.2) is 0 Å². The van der Waals surface area contributed by atoms with Crippen molar-refractivity contribution < 1.29 is 14.2 Å². The Morgan fingerprint density at radius 2 is 1.40 bits per heavy atom. The van der Waals surface area contributed by atoms with Crippen molar-refractivity contribution in [3.05, 3.63) is 119 Å². The lowest BCUT2D eigenvalue weighted by Gasteiger charge is -2.41. The Kier molecular flexibility index (Phi) is 6.78. The van der Waals surface area contributed by atoms with E-state index in [-0.39, 0.29) is 5.41 Å². The maximum atomic E-state index is 7.65. The van der Waals surface area contributed by atoms with Gasteiger partial charge in [0.15, 0.2) is 5.60 Å². The highest BCUT2D eigenvalue weighted by atomic mass is 32.2. The molecule has 5 aromatic rings. The average Bonchev–Trinajstić information content (AvgIpc) is 3.83. The van der Waals surface area contributed by atoms with E-state index in [0.29, 0.717) is 5.92 Å². The van der Waals surface area contributed by atoms with Crippen molar-refractivity contribution >= 4 is 40.4 Å². The maximum absolute atomic E-state index is 7.65. The van der Waals surface area contributed by atoms with Crippen LogP contribution in [0.15, 0.2) is 101 Å². The lowest BCUT2D eigenvalue weighted by molar-refractivity contribution is 0.162. The monoisotopic (exact) mass is 654 g/mol. The van der Waals surface area contributed by atoms with Crippen LogP contribution in [0.5, 0.6) is 17.2 Å². The number of rotatable bonds is 6. The van der Waals surface area contributed by atoms with E-state index in [0.717, 1.165) is 34.3 Å². The van der Waals surface area contributed by atoms with Gasteiger partial charge in [0.25, 0.3) is 0 Å². The second-order valence-electron chi connectivity index (χ2n) is 13.5. The highest BCUT2D eigenvalue weighted by molar-refractivity contribution is 8.01. The summed E-state index contributed by atoms with van der Waals surface area (Å²) in [5, 5.41) is 2.49. The lowest BCUT2D eigenvalue weighted by atomic mass is 9.65. The van der Waals surface area contributed by atoms with Gasteiger partial charge in [0, 0.05) is 37.3 Å². The van der Waals surface area contributed by atoms with Gasteiger partial charge in [0.1, 0.15) is 17.2 Å². The molecule has 3 nitrogen and oxygen atoms in total. The molecule has 3 aliphatic carbocycles. The molecule has 3 unspecified atom stereocenters. The third kappa shape index (κ3) is 4.02. The Labute approximate surface area is 285 Å². The molecule has 5 aromatic carbocycles. The van der Waals surface area contributed by atoms with Gasteiger partial charge >= 0.3 is 0 Å². The van der Waals surface area contributed by atoms with Gasteiger partial charge in [-0.15, -0.1) is 23.5 Å². The molecule has 4 aliphatic rings. The first-order valence-corrected chi connectivity index (χ1v) is 19.0. The minimum absolute atomic E-state index is 0.0265. The van der Waals surface area contributed by atoms with Crippen molar-refractivity contribution in [3.8, 4) is 28.4 Å². The predicted octanol–water partition coefficient (Wildman–Crippen LogP) is 10.7. The molecular weight excluding hydrogens is 617 g/mol. The van der Waals surface area contributed by atoms with Crippen LogP contribution in [0.25, 0.3) is 28.0 Å². The number of fused-ring (bicyclic) bond motifs is 13. The molecule has 1 aliphatic heterocycles. The van der Waals surface area contributed by atoms with Crippen LogP contribution in [-0.4, -0.2) is 26.7 Å². The first-order valence-electron chi connectivity index (χ1n) is 16.6. The smallest absolute Gasteiger partial charge is 0.178 e. The Balaban J connectivity index is 1.38. The van der Waals surface area contributed by atoms with Crippen LogP contribution in [0.2, 0.25) is 0 Å². The molecule has 2 bridgehead atoms. The van der Waals surface area contributed by atoms with Crippen LogP contribution >= 0.6 is 23.5 Å². The van der Waals surface area contributed by atoms with E-state index in [4.69, 9.17) is 14.2 Å². The molecule has 5 heteroatoms. The molecule has 0 aromatic heterocycles. The second kappa shape index (κ2) is 10.9. The summed E-state index contributed by atoms with van der Waals surface area (Å²) in [7, 11) is 3.42. The van der Waals surface area contributed by atoms with E-state index in [9.17, 15) is 0 Å². The fraction of sp³-hybridized carbons (Fsp3) is 0.286. The molecule has 236 valence electrons. The van der Waals surface area contributed by atoms with Gasteiger partial charge in [-0.05, 0) is 114 Å². The number of ether oxygens (including phenoxy) is 3. The van der Waals surface area contributed by atoms with Gasteiger partial charge in [-0.2, -0.15) is 0 Å². The summed E-state index contributed by atoms with van der Waals surface area (Å²) in [5.41, 5.74) is 8.46. The van der Waals surface area contributed by atoms with E-state index in [1.165, 1.54) is 74.1 Å². The predicted molar refractivity (Wildman–Crippen MR) is 196 cm³/mol. The van der Waals surface area contributed by atoms with Crippen LogP contribution in [0.4, 0.5) is 0 Å². The average molecular weight is 655 g/mol. The fourth-order valence-corrected chi connectivity index (χ4v) is 11.0. The first kappa shape index (κ1) is 29.3. The molecule has 2 saturated carbocycles. The lowest BCUT2D eigenvalue weighted by Crippen LogP contribution is -2.36. The number of hydrogen-bond acceptors (Lipinski definition) is 5. The summed E-state index contributed by atoms with van der Waals surface area (Å²) in [6.07, 6.45) is 14.3. The zero-order valence-corrected chi connectivity index (χ0v) is 28.9. The molecule has 47 heavy (non-hydrogen) atoms. The molecule has 2 fully saturated rings. The molecule has 0 radical (unpaired) electrons. The minimum Gasteiger partial charge on any atom is -0.497 e. The third-order valence-corrected chi connectivity index (χ3v) is 13.2. The molecule has 0 saturated heterocycles. The largest absolute Gasteiger partial charge is 0.497 e. The van der Waals surface area contributed by atoms with Crippen molar-refractivity contribution in [3.63, 3.8) is 0 Å². The van der Waals surface area contributed by atoms with Gasteiger partial charge in [-0.1, -0.05) is 61.0 Å². The van der Waals surface area contributed by atoms with E-state index < -0.39 is 5.60 Å². The van der Waals surface area contributed by atoms with Gasteiger partial charge in [0.2, 0.25) is 0 Å². The molecule has 1 heterocycles. The third-order valence-electron chi connectivity index (χ3n) is 11.6. The summed E-state index contributed by atoms with van der Waals surface area (Å²) < 4.78 is 18.8. The molecule has 3 atom stereocenters. The Bertz CT molecular complexity index is 2030. The van der Waals surface area contributed by atoms with E-state index in [1.54, 1.807) is 14.2 Å². The van der Waals surface area contributed by atoms with Crippen LogP contribution in [0, 0.1) is 11.8 Å². The van der Waals surface area contributed by atoms with Crippen molar-refractivity contribution in [2.45, 2.75) is 46.5 Å². The normalized spacial score (nSPS) is 22.6. The summed E-state index contributed by atoms with van der Waals surface area (Å²) in [6, 6.07) is 30.9. The van der Waals surface area contributed by atoms with Gasteiger partial charge < -0.3 is 14.2 Å². The van der Waals surface area contributed by atoms with Crippen molar-refractivity contribution in [1.29, 1.82) is 0 Å². The van der Waals surface area contributed by atoms with E-state index >= 15 is 0 Å². The topological polar surface area (TPSA) is 27.7 Å². The fourth-order valence-electron chi connectivity index (χ4n) is 9.55. The maximum Gasteiger partial charge on any atom is 0.178 e. The van der Waals surface area contributed by atoms with E-state index in [1.807, 2.05) is 47.8 Å². The number of benzene rings is 5. The van der Waals surface area contributed by atoms with Crippen LogP contribution in [0.3, 0.4) is 0 Å².